The van der Waals surface area contributed by atoms with Crippen LogP contribution < -0.4 is 10.6 Å². The van der Waals surface area contributed by atoms with Gasteiger partial charge in [0.05, 0.1) is 24.1 Å². The van der Waals surface area contributed by atoms with E-state index in [9.17, 15) is 13.2 Å². The lowest BCUT2D eigenvalue weighted by Gasteiger charge is -2.16. The molecule has 1 rings (SSSR count). The molecule has 0 spiro atoms. The summed E-state index contributed by atoms with van der Waals surface area (Å²) in [6.45, 7) is 8.83. The number of aliphatic imine (C=N–C) groups is 1. The van der Waals surface area contributed by atoms with Gasteiger partial charge in [0.2, 0.25) is 0 Å². The molecule has 0 aliphatic rings. The van der Waals surface area contributed by atoms with Crippen molar-refractivity contribution in [1.29, 1.82) is 0 Å². The van der Waals surface area contributed by atoms with Gasteiger partial charge in [0, 0.05) is 19.3 Å². The van der Waals surface area contributed by atoms with Crippen molar-refractivity contribution in [1.82, 2.24) is 15.6 Å². The fourth-order valence-electron chi connectivity index (χ4n) is 2.09. The van der Waals surface area contributed by atoms with Crippen LogP contribution in [0.1, 0.15) is 53.6 Å². The Balaban J connectivity index is 0.00000676. The molecule has 0 saturated carbocycles. The summed E-state index contributed by atoms with van der Waals surface area (Å²) in [6.07, 6.45) is 1.68. The summed E-state index contributed by atoms with van der Waals surface area (Å²) in [4.78, 5) is 21.3. The minimum atomic E-state index is -2.98. The molecular weight excluding hydrogens is 503 g/mol. The summed E-state index contributed by atoms with van der Waals surface area (Å²) in [5.74, 6) is 0.335. The molecule has 27 heavy (non-hydrogen) atoms. The lowest BCUT2D eigenvalue weighted by atomic mass is 10.3. The lowest BCUT2D eigenvalue weighted by Crippen LogP contribution is -2.38. The van der Waals surface area contributed by atoms with Gasteiger partial charge in [-0.05, 0) is 34.1 Å². The third kappa shape index (κ3) is 9.70. The number of guanidine groups is 1. The van der Waals surface area contributed by atoms with Crippen LogP contribution in [0.3, 0.4) is 0 Å². The number of ether oxygens (including phenoxy) is 1. The van der Waals surface area contributed by atoms with Gasteiger partial charge in [-0.3, -0.25) is 4.99 Å². The van der Waals surface area contributed by atoms with E-state index in [0.717, 1.165) is 5.01 Å². The smallest absolute Gasteiger partial charge is 0.350 e. The molecule has 0 radical (unpaired) electrons. The normalized spacial score (nSPS) is 12.9. The van der Waals surface area contributed by atoms with Gasteiger partial charge in [0.25, 0.3) is 0 Å². The average molecular weight is 532 g/mol. The molecule has 1 aromatic heterocycles. The molecule has 1 aromatic rings. The summed E-state index contributed by atoms with van der Waals surface area (Å²) in [5, 5.41) is 7.11. The fraction of sp³-hybridized carbons (Fsp3) is 0.688. The van der Waals surface area contributed by atoms with E-state index in [1.165, 1.54) is 17.6 Å². The zero-order valence-electron chi connectivity index (χ0n) is 16.4. The number of halogens is 1. The van der Waals surface area contributed by atoms with E-state index in [4.69, 9.17) is 4.74 Å². The van der Waals surface area contributed by atoms with Crippen LogP contribution >= 0.6 is 35.3 Å². The first kappa shape index (κ1) is 26.1. The first-order chi connectivity index (χ1) is 12.2. The minimum Gasteiger partial charge on any atom is -0.462 e. The van der Waals surface area contributed by atoms with Crippen LogP contribution in [0, 0.1) is 6.92 Å². The molecule has 0 aromatic carbocycles. The third-order valence-electron chi connectivity index (χ3n) is 3.28. The van der Waals surface area contributed by atoms with E-state index < -0.39 is 9.84 Å². The molecule has 8 nitrogen and oxygen atoms in total. The molecule has 1 heterocycles. The van der Waals surface area contributed by atoms with Crippen molar-refractivity contribution in [2.24, 2.45) is 4.99 Å². The molecule has 0 amide bonds. The van der Waals surface area contributed by atoms with E-state index in [1.54, 1.807) is 13.8 Å². The zero-order valence-corrected chi connectivity index (χ0v) is 20.3. The van der Waals surface area contributed by atoms with Crippen LogP contribution in [0.4, 0.5) is 0 Å². The Morgan fingerprint density at radius 1 is 1.37 bits per heavy atom. The van der Waals surface area contributed by atoms with Crippen molar-refractivity contribution in [2.75, 3.05) is 31.7 Å². The molecule has 2 N–H and O–H groups in total. The Bertz CT molecular complexity index is 735. The number of hydrogen-bond acceptors (Lipinski definition) is 7. The van der Waals surface area contributed by atoms with Crippen LogP contribution in [0.15, 0.2) is 4.99 Å². The number of aryl methyl sites for hydroxylation is 1. The molecule has 1 atom stereocenters. The standard InChI is InChI=1S/C16H28N4O4S2.HI/c1-6-17-16(18-9-8-10-26(5,22)23)20-12(4)14-19-11(3)13(25-14)15(21)24-7-2;/h12H,6-10H2,1-5H3,(H2,17,18,20);1H. The predicted octanol–water partition coefficient (Wildman–Crippen LogP) is 2.30. The molecule has 1 unspecified atom stereocenters. The molecule has 0 saturated heterocycles. The van der Waals surface area contributed by atoms with Gasteiger partial charge in [-0.15, -0.1) is 35.3 Å². The van der Waals surface area contributed by atoms with Crippen LogP contribution in [0.5, 0.6) is 0 Å². The number of rotatable bonds is 9. The first-order valence-electron chi connectivity index (χ1n) is 8.54. The number of esters is 1. The second-order valence-corrected chi connectivity index (χ2v) is 9.09. The van der Waals surface area contributed by atoms with Crippen molar-refractivity contribution in [2.45, 2.75) is 40.2 Å². The molecular formula is C16H29IN4O4S2. The fourth-order valence-corrected chi connectivity index (χ4v) is 3.71. The van der Waals surface area contributed by atoms with Crippen molar-refractivity contribution >= 4 is 57.1 Å². The number of carbonyl (C=O) groups is 1. The number of hydrogen-bond donors (Lipinski definition) is 2. The Morgan fingerprint density at radius 3 is 2.59 bits per heavy atom. The number of nitrogens with one attached hydrogen (secondary N) is 2. The number of thiazole rings is 1. The summed E-state index contributed by atoms with van der Waals surface area (Å²) >= 11 is 1.30. The van der Waals surface area contributed by atoms with Crippen molar-refractivity contribution in [3.8, 4) is 0 Å². The van der Waals surface area contributed by atoms with Gasteiger partial charge >= 0.3 is 5.97 Å². The molecule has 0 aliphatic heterocycles. The summed E-state index contributed by atoms with van der Waals surface area (Å²) in [6, 6.07) is -0.158. The number of sulfone groups is 1. The van der Waals surface area contributed by atoms with Gasteiger partial charge in [0.1, 0.15) is 19.7 Å². The second-order valence-electron chi connectivity index (χ2n) is 5.80. The molecule has 156 valence electrons. The largest absolute Gasteiger partial charge is 0.462 e. The maximum absolute atomic E-state index is 11.9. The highest BCUT2D eigenvalue weighted by atomic mass is 127. The molecule has 0 bridgehead atoms. The van der Waals surface area contributed by atoms with Gasteiger partial charge < -0.3 is 15.4 Å². The SMILES string of the molecule is CCNC(=NCCCS(C)(=O)=O)NC(C)c1nc(C)c(C(=O)OCC)s1.I. The molecule has 0 fully saturated rings. The van der Waals surface area contributed by atoms with Crippen LogP contribution in [-0.4, -0.2) is 57.0 Å². The van der Waals surface area contributed by atoms with E-state index in [1.807, 2.05) is 13.8 Å². The molecule has 0 aliphatic carbocycles. The maximum atomic E-state index is 11.9. The average Bonchev–Trinajstić information content (AvgIpc) is 2.93. The van der Waals surface area contributed by atoms with Crippen LogP contribution in [0.2, 0.25) is 0 Å². The van der Waals surface area contributed by atoms with Crippen molar-refractivity contribution in [3.63, 3.8) is 0 Å². The first-order valence-corrected chi connectivity index (χ1v) is 11.4. The van der Waals surface area contributed by atoms with Gasteiger partial charge in [-0.2, -0.15) is 0 Å². The number of nitrogens with zero attached hydrogens (tertiary/aromatic N) is 2. The van der Waals surface area contributed by atoms with Crippen LogP contribution in [0.25, 0.3) is 0 Å². The number of aromatic nitrogens is 1. The Hall–Kier alpha value is -0.950. The zero-order chi connectivity index (χ0) is 19.7. The highest BCUT2D eigenvalue weighted by Crippen LogP contribution is 2.24. The third-order valence-corrected chi connectivity index (χ3v) is 5.64. The second kappa shape index (κ2) is 12.5. The quantitative estimate of drug-likeness (QED) is 0.165. The van der Waals surface area contributed by atoms with Gasteiger partial charge in [-0.25, -0.2) is 18.2 Å². The minimum absolute atomic E-state index is 0. The Kier molecular flexibility index (Phi) is 12.1. The highest BCUT2D eigenvalue weighted by molar-refractivity contribution is 14.0. The van der Waals surface area contributed by atoms with E-state index >= 15 is 0 Å². The Labute approximate surface area is 182 Å². The molecule has 11 heteroatoms. The highest BCUT2D eigenvalue weighted by Gasteiger charge is 2.20. The van der Waals surface area contributed by atoms with Crippen molar-refractivity contribution < 1.29 is 17.9 Å². The Morgan fingerprint density at radius 2 is 2.04 bits per heavy atom. The predicted molar refractivity (Wildman–Crippen MR) is 120 cm³/mol. The van der Waals surface area contributed by atoms with Crippen molar-refractivity contribution in [3.05, 3.63) is 15.6 Å². The lowest BCUT2D eigenvalue weighted by molar-refractivity contribution is 0.0531. The van der Waals surface area contributed by atoms with Crippen LogP contribution in [-0.2, 0) is 14.6 Å². The van der Waals surface area contributed by atoms with Gasteiger partial charge in [0.15, 0.2) is 5.96 Å². The van der Waals surface area contributed by atoms with E-state index in [0.29, 0.717) is 42.6 Å². The summed E-state index contributed by atoms with van der Waals surface area (Å²) < 4.78 is 27.4. The topological polar surface area (TPSA) is 110 Å². The van der Waals surface area contributed by atoms with Gasteiger partial charge in [-0.1, -0.05) is 0 Å². The number of carbonyl (C=O) groups excluding carboxylic acids is 1. The van der Waals surface area contributed by atoms with E-state index in [-0.39, 0.29) is 41.7 Å². The summed E-state index contributed by atoms with van der Waals surface area (Å²) in [7, 11) is -2.98. The summed E-state index contributed by atoms with van der Waals surface area (Å²) in [5.41, 5.74) is 0.646. The van der Waals surface area contributed by atoms with E-state index in [2.05, 4.69) is 20.6 Å². The monoisotopic (exact) mass is 532 g/mol. The maximum Gasteiger partial charge on any atom is 0.350 e.